The minimum atomic E-state index is -0.338. The molecule has 0 aliphatic carbocycles. The van der Waals surface area contributed by atoms with Crippen molar-refractivity contribution < 1.29 is 9.13 Å². The summed E-state index contributed by atoms with van der Waals surface area (Å²) in [4.78, 5) is 4.30. The lowest BCUT2D eigenvalue weighted by Gasteiger charge is -2.21. The van der Waals surface area contributed by atoms with E-state index in [1.165, 1.54) is 12.1 Å². The minimum absolute atomic E-state index is 0.338. The molecule has 0 amide bonds. The molecule has 5 heteroatoms. The van der Waals surface area contributed by atoms with Crippen LogP contribution < -0.4 is 4.74 Å². The normalized spacial score (nSPS) is 12.7. The Morgan fingerprint density at radius 1 is 1.28 bits per heavy atom. The predicted octanol–water partition coefficient (Wildman–Crippen LogP) is 4.76. The van der Waals surface area contributed by atoms with Crippen molar-refractivity contribution in [3.8, 4) is 11.6 Å². The van der Waals surface area contributed by atoms with Gasteiger partial charge in [0.05, 0.1) is 0 Å². The van der Waals surface area contributed by atoms with Gasteiger partial charge in [-0.05, 0) is 62.3 Å². The van der Waals surface area contributed by atoms with E-state index in [-0.39, 0.29) is 5.82 Å². The fourth-order valence-corrected chi connectivity index (χ4v) is 2.53. The number of fused-ring (bicyclic) bond motifs is 2. The molecule has 18 heavy (non-hydrogen) atoms. The van der Waals surface area contributed by atoms with Gasteiger partial charge in [-0.1, -0.05) is 6.58 Å². The average Bonchev–Trinajstić information content (AvgIpc) is 2.32. The van der Waals surface area contributed by atoms with Gasteiger partial charge in [0, 0.05) is 20.8 Å². The molecule has 0 saturated carbocycles. The summed E-state index contributed by atoms with van der Waals surface area (Å²) >= 11 is 5.53. The summed E-state index contributed by atoms with van der Waals surface area (Å²) in [5, 5.41) is 0. The Morgan fingerprint density at radius 3 is 2.83 bits per heavy atom. The molecule has 0 atom stereocenters. The molecule has 2 aromatic rings. The van der Waals surface area contributed by atoms with Crippen molar-refractivity contribution in [3.63, 3.8) is 0 Å². The fraction of sp³-hybridized carbons (Fsp3) is 0. The molecule has 1 aliphatic rings. The smallest absolute Gasteiger partial charge is 0.228 e. The number of aromatic nitrogens is 1. The van der Waals surface area contributed by atoms with Crippen LogP contribution in [0.25, 0.3) is 5.57 Å². The van der Waals surface area contributed by atoms with Crippen molar-refractivity contribution in [1.29, 1.82) is 0 Å². The van der Waals surface area contributed by atoms with Crippen LogP contribution in [0.1, 0.15) is 11.1 Å². The zero-order chi connectivity index (χ0) is 12.9. The molecular weight excluding hydrogens is 412 g/mol. The third-order valence-corrected chi connectivity index (χ3v) is 4.87. The van der Waals surface area contributed by atoms with Crippen LogP contribution in [0.4, 0.5) is 4.39 Å². The highest BCUT2D eigenvalue weighted by molar-refractivity contribution is 14.1. The SMILES string of the molecule is C=C1c2ccc(F)cc2Oc2nc(Br)c(I)cc21. The second-order valence-electron chi connectivity index (χ2n) is 3.83. The molecule has 2 nitrogen and oxygen atoms in total. The lowest BCUT2D eigenvalue weighted by Crippen LogP contribution is -2.05. The standard InChI is InChI=1S/C13H6BrFINO/c1-6-8-3-2-7(15)4-11(8)18-13-9(6)5-10(16)12(14)17-13/h2-5H,1H2. The van der Waals surface area contributed by atoms with E-state index in [4.69, 9.17) is 4.74 Å². The first kappa shape index (κ1) is 12.1. The number of pyridine rings is 1. The average molecular weight is 418 g/mol. The Bertz CT molecular complexity index is 687. The molecule has 1 aliphatic heterocycles. The molecule has 90 valence electrons. The molecule has 0 N–H and O–H groups in total. The highest BCUT2D eigenvalue weighted by Crippen LogP contribution is 2.43. The van der Waals surface area contributed by atoms with Gasteiger partial charge in [-0.15, -0.1) is 0 Å². The van der Waals surface area contributed by atoms with Crippen molar-refractivity contribution in [2.75, 3.05) is 0 Å². The van der Waals surface area contributed by atoms with E-state index in [1.54, 1.807) is 6.07 Å². The first-order chi connectivity index (χ1) is 8.56. The summed E-state index contributed by atoms with van der Waals surface area (Å²) in [6.45, 7) is 4.04. The van der Waals surface area contributed by atoms with Crippen LogP contribution in [0, 0.1) is 9.39 Å². The maximum Gasteiger partial charge on any atom is 0.228 e. The van der Waals surface area contributed by atoms with Crippen LogP contribution in [0.2, 0.25) is 0 Å². The van der Waals surface area contributed by atoms with E-state index in [0.29, 0.717) is 16.2 Å². The van der Waals surface area contributed by atoms with Gasteiger partial charge >= 0.3 is 0 Å². The summed E-state index contributed by atoms with van der Waals surface area (Å²) < 4.78 is 20.5. The van der Waals surface area contributed by atoms with Gasteiger partial charge in [0.2, 0.25) is 5.88 Å². The predicted molar refractivity (Wildman–Crippen MR) is 79.3 cm³/mol. The van der Waals surface area contributed by atoms with Crippen molar-refractivity contribution in [1.82, 2.24) is 4.98 Å². The Labute approximate surface area is 125 Å². The number of ether oxygens (including phenoxy) is 1. The third kappa shape index (κ3) is 1.85. The van der Waals surface area contributed by atoms with Crippen LogP contribution in [-0.4, -0.2) is 4.98 Å². The molecule has 2 heterocycles. The van der Waals surface area contributed by atoms with E-state index in [9.17, 15) is 4.39 Å². The molecule has 3 rings (SSSR count). The second-order valence-corrected chi connectivity index (χ2v) is 5.75. The molecule has 0 radical (unpaired) electrons. The van der Waals surface area contributed by atoms with E-state index in [2.05, 4.69) is 50.1 Å². The molecule has 0 unspecified atom stereocenters. The molecule has 1 aromatic carbocycles. The lowest BCUT2D eigenvalue weighted by atomic mass is 9.97. The third-order valence-electron chi connectivity index (χ3n) is 2.70. The van der Waals surface area contributed by atoms with Crippen LogP contribution in [-0.2, 0) is 0 Å². The van der Waals surface area contributed by atoms with Crippen LogP contribution in [0.3, 0.4) is 0 Å². The Kier molecular flexibility index (Phi) is 2.90. The summed E-state index contributed by atoms with van der Waals surface area (Å²) in [5.41, 5.74) is 2.43. The highest BCUT2D eigenvalue weighted by atomic mass is 127. The van der Waals surface area contributed by atoms with Gasteiger partial charge < -0.3 is 4.74 Å². The molecular formula is C13H6BrFINO. The van der Waals surface area contributed by atoms with E-state index >= 15 is 0 Å². The lowest BCUT2D eigenvalue weighted by molar-refractivity contribution is 0.448. The van der Waals surface area contributed by atoms with Crippen molar-refractivity contribution in [3.05, 3.63) is 56.0 Å². The number of rotatable bonds is 0. The summed E-state index contributed by atoms with van der Waals surface area (Å²) in [6.07, 6.45) is 0. The number of hydrogen-bond acceptors (Lipinski definition) is 2. The largest absolute Gasteiger partial charge is 0.438 e. The zero-order valence-corrected chi connectivity index (χ0v) is 12.7. The topological polar surface area (TPSA) is 22.1 Å². The van der Waals surface area contributed by atoms with Crippen molar-refractivity contribution in [2.45, 2.75) is 0 Å². The Morgan fingerprint density at radius 2 is 2.06 bits per heavy atom. The maximum atomic E-state index is 13.2. The Hall–Kier alpha value is -0.950. The van der Waals surface area contributed by atoms with Gasteiger partial charge in [0.15, 0.2) is 0 Å². The molecule has 0 fully saturated rings. The zero-order valence-electron chi connectivity index (χ0n) is 9.01. The van der Waals surface area contributed by atoms with E-state index < -0.39 is 0 Å². The van der Waals surface area contributed by atoms with Gasteiger partial charge in [-0.2, -0.15) is 0 Å². The second kappa shape index (κ2) is 4.31. The molecule has 0 bridgehead atoms. The van der Waals surface area contributed by atoms with E-state index in [1.807, 2.05) is 6.07 Å². The van der Waals surface area contributed by atoms with Gasteiger partial charge in [0.25, 0.3) is 0 Å². The number of benzene rings is 1. The first-order valence-electron chi connectivity index (χ1n) is 5.09. The summed E-state index contributed by atoms with van der Waals surface area (Å²) in [6, 6.07) is 6.36. The van der Waals surface area contributed by atoms with Gasteiger partial charge in [-0.25, -0.2) is 9.37 Å². The highest BCUT2D eigenvalue weighted by Gasteiger charge is 2.23. The molecule has 0 saturated heterocycles. The van der Waals surface area contributed by atoms with Crippen LogP contribution in [0.5, 0.6) is 11.6 Å². The van der Waals surface area contributed by atoms with Gasteiger partial charge in [0.1, 0.15) is 16.2 Å². The monoisotopic (exact) mass is 417 g/mol. The number of halogens is 3. The maximum absolute atomic E-state index is 13.2. The van der Waals surface area contributed by atoms with E-state index in [0.717, 1.165) is 20.3 Å². The Balaban J connectivity index is 2.22. The molecule has 0 spiro atoms. The number of nitrogens with zero attached hydrogens (tertiary/aromatic N) is 1. The minimum Gasteiger partial charge on any atom is -0.438 e. The van der Waals surface area contributed by atoms with Crippen molar-refractivity contribution in [2.24, 2.45) is 0 Å². The first-order valence-corrected chi connectivity index (χ1v) is 6.96. The summed E-state index contributed by atoms with van der Waals surface area (Å²) in [5.74, 6) is 0.563. The van der Waals surface area contributed by atoms with Gasteiger partial charge in [-0.3, -0.25) is 0 Å². The fourth-order valence-electron chi connectivity index (χ4n) is 1.82. The molecule has 1 aromatic heterocycles. The van der Waals surface area contributed by atoms with Crippen LogP contribution >= 0.6 is 38.5 Å². The quantitative estimate of drug-likeness (QED) is 0.389. The van der Waals surface area contributed by atoms with Crippen LogP contribution in [0.15, 0.2) is 35.4 Å². The van der Waals surface area contributed by atoms with Crippen molar-refractivity contribution >= 4 is 44.1 Å². The number of hydrogen-bond donors (Lipinski definition) is 0. The summed E-state index contributed by atoms with van der Waals surface area (Å²) in [7, 11) is 0.